The van der Waals surface area contributed by atoms with Crippen molar-refractivity contribution in [3.63, 3.8) is 0 Å². The van der Waals surface area contributed by atoms with Gasteiger partial charge in [0.05, 0.1) is 0 Å². The van der Waals surface area contributed by atoms with Crippen LogP contribution in [-0.2, 0) is 11.3 Å². The molecule has 0 bridgehead atoms. The number of nitrogens with zero attached hydrogens (tertiary/aromatic N) is 1. The van der Waals surface area contributed by atoms with Crippen molar-refractivity contribution in [1.29, 1.82) is 0 Å². The van der Waals surface area contributed by atoms with E-state index in [1.54, 1.807) is 26.2 Å². The molecule has 0 saturated heterocycles. The van der Waals surface area contributed by atoms with Crippen LogP contribution in [0.1, 0.15) is 19.4 Å². The van der Waals surface area contributed by atoms with E-state index in [2.05, 4.69) is 10.3 Å². The molecule has 0 aliphatic rings. The van der Waals surface area contributed by atoms with Crippen LogP contribution in [0.4, 0.5) is 0 Å². The van der Waals surface area contributed by atoms with E-state index in [0.29, 0.717) is 6.54 Å². The molecule has 0 amide bonds. The smallest absolute Gasteiger partial charge is 0.323 e. The highest BCUT2D eigenvalue weighted by molar-refractivity contribution is 5.77. The van der Waals surface area contributed by atoms with Crippen LogP contribution >= 0.6 is 0 Å². The Balaban J connectivity index is 2.53. The number of hydrogen-bond acceptors (Lipinski definition) is 3. The van der Waals surface area contributed by atoms with Crippen LogP contribution in [0.25, 0.3) is 0 Å². The van der Waals surface area contributed by atoms with Crippen LogP contribution in [0.3, 0.4) is 0 Å². The monoisotopic (exact) mass is 194 g/mol. The molecule has 4 nitrogen and oxygen atoms in total. The molecule has 0 fully saturated rings. The first kappa shape index (κ1) is 10.7. The Hall–Kier alpha value is -1.42. The van der Waals surface area contributed by atoms with Crippen molar-refractivity contribution in [1.82, 2.24) is 10.3 Å². The van der Waals surface area contributed by atoms with E-state index < -0.39 is 11.5 Å². The predicted octanol–water partition coefficient (Wildman–Crippen LogP) is 1.03. The van der Waals surface area contributed by atoms with Gasteiger partial charge in [0.1, 0.15) is 5.54 Å². The Morgan fingerprint density at radius 3 is 2.86 bits per heavy atom. The lowest BCUT2D eigenvalue weighted by Crippen LogP contribution is -2.46. The SMILES string of the molecule is CC(C)(NCc1cccnc1)C(=O)O. The molecule has 1 heterocycles. The fourth-order valence-corrected chi connectivity index (χ4v) is 0.901. The maximum Gasteiger partial charge on any atom is 0.323 e. The van der Waals surface area contributed by atoms with Crippen molar-refractivity contribution in [3.8, 4) is 0 Å². The molecule has 0 radical (unpaired) electrons. The van der Waals surface area contributed by atoms with Gasteiger partial charge in [-0.05, 0) is 25.5 Å². The number of pyridine rings is 1. The van der Waals surface area contributed by atoms with E-state index in [0.717, 1.165) is 5.56 Å². The van der Waals surface area contributed by atoms with Crippen LogP contribution < -0.4 is 5.32 Å². The van der Waals surface area contributed by atoms with Crippen molar-refractivity contribution in [2.75, 3.05) is 0 Å². The van der Waals surface area contributed by atoms with Gasteiger partial charge in [-0.1, -0.05) is 6.07 Å². The van der Waals surface area contributed by atoms with Crippen LogP contribution in [0, 0.1) is 0 Å². The van der Waals surface area contributed by atoms with Crippen LogP contribution in [0.15, 0.2) is 24.5 Å². The number of carboxylic acids is 1. The Bertz CT molecular complexity index is 309. The molecular weight excluding hydrogens is 180 g/mol. The average molecular weight is 194 g/mol. The first-order valence-electron chi connectivity index (χ1n) is 4.40. The fraction of sp³-hybridized carbons (Fsp3) is 0.400. The third kappa shape index (κ3) is 2.81. The average Bonchev–Trinajstić information content (AvgIpc) is 2.16. The zero-order valence-electron chi connectivity index (χ0n) is 8.32. The molecule has 1 aromatic rings. The largest absolute Gasteiger partial charge is 0.480 e. The maximum absolute atomic E-state index is 10.8. The molecule has 0 aliphatic carbocycles. The molecule has 76 valence electrons. The molecular formula is C10H14N2O2. The van der Waals surface area contributed by atoms with Gasteiger partial charge in [-0.25, -0.2) is 0 Å². The third-order valence-corrected chi connectivity index (χ3v) is 1.99. The Morgan fingerprint density at radius 2 is 2.36 bits per heavy atom. The molecule has 2 N–H and O–H groups in total. The maximum atomic E-state index is 10.8. The summed E-state index contributed by atoms with van der Waals surface area (Å²) in [6.07, 6.45) is 3.40. The molecule has 0 saturated carbocycles. The summed E-state index contributed by atoms with van der Waals surface area (Å²) in [4.78, 5) is 14.7. The minimum Gasteiger partial charge on any atom is -0.480 e. The van der Waals surface area contributed by atoms with E-state index in [9.17, 15) is 4.79 Å². The number of rotatable bonds is 4. The summed E-state index contributed by atoms with van der Waals surface area (Å²) < 4.78 is 0. The van der Waals surface area contributed by atoms with E-state index in [1.807, 2.05) is 12.1 Å². The molecule has 0 spiro atoms. The first-order valence-corrected chi connectivity index (χ1v) is 4.40. The van der Waals surface area contributed by atoms with Crippen molar-refractivity contribution in [3.05, 3.63) is 30.1 Å². The summed E-state index contributed by atoms with van der Waals surface area (Å²) in [7, 11) is 0. The van der Waals surface area contributed by atoms with Crippen LogP contribution in [0.2, 0.25) is 0 Å². The molecule has 1 aromatic heterocycles. The summed E-state index contributed by atoms with van der Waals surface area (Å²) in [6.45, 7) is 3.77. The Labute approximate surface area is 83.0 Å². The number of aliphatic carboxylic acids is 1. The number of hydrogen-bond donors (Lipinski definition) is 2. The second kappa shape index (κ2) is 4.19. The minimum atomic E-state index is -0.907. The van der Waals surface area contributed by atoms with Crippen molar-refractivity contribution in [2.24, 2.45) is 0 Å². The van der Waals surface area contributed by atoms with Gasteiger partial charge < -0.3 is 5.11 Å². The number of aromatic nitrogens is 1. The van der Waals surface area contributed by atoms with Gasteiger partial charge >= 0.3 is 5.97 Å². The third-order valence-electron chi connectivity index (χ3n) is 1.99. The normalized spacial score (nSPS) is 11.3. The zero-order chi connectivity index (χ0) is 10.6. The van der Waals surface area contributed by atoms with Crippen LogP contribution in [-0.4, -0.2) is 21.6 Å². The van der Waals surface area contributed by atoms with E-state index in [4.69, 9.17) is 5.11 Å². The van der Waals surface area contributed by atoms with Gasteiger partial charge in [-0.2, -0.15) is 0 Å². The second-order valence-electron chi connectivity index (χ2n) is 3.64. The zero-order valence-corrected chi connectivity index (χ0v) is 8.32. The quantitative estimate of drug-likeness (QED) is 0.751. The standard InChI is InChI=1S/C10H14N2O2/c1-10(2,9(13)14)12-7-8-4-3-5-11-6-8/h3-6,12H,7H2,1-2H3,(H,13,14). The Morgan fingerprint density at radius 1 is 1.64 bits per heavy atom. The molecule has 0 aliphatic heterocycles. The predicted molar refractivity (Wildman–Crippen MR) is 52.8 cm³/mol. The molecule has 0 unspecified atom stereocenters. The second-order valence-corrected chi connectivity index (χ2v) is 3.64. The minimum absolute atomic E-state index is 0.507. The van der Waals surface area contributed by atoms with Gasteiger partial charge in [0.2, 0.25) is 0 Å². The molecule has 0 atom stereocenters. The first-order chi connectivity index (χ1) is 6.52. The summed E-state index contributed by atoms with van der Waals surface area (Å²) in [5, 5.41) is 11.8. The van der Waals surface area contributed by atoms with Gasteiger partial charge in [0, 0.05) is 18.9 Å². The summed E-state index contributed by atoms with van der Waals surface area (Å²) in [5.41, 5.74) is 0.0670. The van der Waals surface area contributed by atoms with Crippen molar-refractivity contribution in [2.45, 2.75) is 25.9 Å². The summed E-state index contributed by atoms with van der Waals surface area (Å²) in [6, 6.07) is 3.72. The van der Waals surface area contributed by atoms with E-state index in [-0.39, 0.29) is 0 Å². The van der Waals surface area contributed by atoms with Gasteiger partial charge in [0.15, 0.2) is 0 Å². The molecule has 1 rings (SSSR count). The lowest BCUT2D eigenvalue weighted by atomic mass is 10.1. The Kier molecular flexibility index (Phi) is 3.19. The summed E-state index contributed by atoms with van der Waals surface area (Å²) in [5.74, 6) is -0.860. The van der Waals surface area contributed by atoms with Gasteiger partial charge in [0.25, 0.3) is 0 Å². The highest BCUT2D eigenvalue weighted by atomic mass is 16.4. The number of nitrogens with one attached hydrogen (secondary N) is 1. The van der Waals surface area contributed by atoms with E-state index in [1.165, 1.54) is 0 Å². The topological polar surface area (TPSA) is 62.2 Å². The summed E-state index contributed by atoms with van der Waals surface area (Å²) >= 11 is 0. The fourth-order valence-electron chi connectivity index (χ4n) is 0.901. The lowest BCUT2D eigenvalue weighted by Gasteiger charge is -2.20. The van der Waals surface area contributed by atoms with Crippen LogP contribution in [0.5, 0.6) is 0 Å². The number of carboxylic acid groups (broad SMARTS) is 1. The molecule has 4 heteroatoms. The number of carbonyl (C=O) groups is 1. The van der Waals surface area contributed by atoms with E-state index >= 15 is 0 Å². The van der Waals surface area contributed by atoms with Crippen molar-refractivity contribution < 1.29 is 9.90 Å². The highest BCUT2D eigenvalue weighted by Gasteiger charge is 2.25. The molecule has 0 aromatic carbocycles. The highest BCUT2D eigenvalue weighted by Crippen LogP contribution is 2.04. The molecule has 14 heavy (non-hydrogen) atoms. The van der Waals surface area contributed by atoms with Crippen molar-refractivity contribution >= 4 is 5.97 Å². The van der Waals surface area contributed by atoms with Gasteiger partial charge in [-0.3, -0.25) is 15.1 Å². The van der Waals surface area contributed by atoms with Gasteiger partial charge in [-0.15, -0.1) is 0 Å². The lowest BCUT2D eigenvalue weighted by molar-refractivity contribution is -0.143.